The monoisotopic (exact) mass is 526 g/mol. The molecule has 7 N–H and O–H groups in total. The Morgan fingerprint density at radius 3 is 2.22 bits per heavy atom. The fourth-order valence-corrected chi connectivity index (χ4v) is 5.57. The first-order chi connectivity index (χ1) is 14.4. The number of ether oxygens (including phenoxy) is 1. The lowest BCUT2D eigenvalue weighted by atomic mass is 10.0. The number of aliphatic hydroxyl groups is 2. The van der Waals surface area contributed by atoms with E-state index in [0.29, 0.717) is 4.57 Å². The largest absolute Gasteiger partial charge is 0.490 e. The molecule has 1 fully saturated rings. The minimum Gasteiger partial charge on any atom is -0.387 e. The summed E-state index contributed by atoms with van der Waals surface area (Å²) >= 11 is 0. The van der Waals surface area contributed by atoms with E-state index >= 15 is 0 Å². The molecular weight excluding hydrogens is 509 g/mol. The summed E-state index contributed by atoms with van der Waals surface area (Å²) < 4.78 is 50.6. The molecule has 2 unspecified atom stereocenters. The standard InChI is InChI=1S/C11H17N2O16P3/c1-4(14)13-2-5(10(17)12-11(13)18)9-8(16)7(15)6(27-9)3-26-31(22,23)29-32(24,25)28-30(19,20)21/h2,6-9,15-16H,3H2,1H3,(H,22,23)(H,24,25)(H,12,17,18)(H2,19,20,21)/t6-,7-,8-,9+/m1/s1. The number of phosphoric ester groups is 1. The van der Waals surface area contributed by atoms with Crippen molar-refractivity contribution in [2.45, 2.75) is 31.3 Å². The van der Waals surface area contributed by atoms with Crippen molar-refractivity contribution in [3.05, 3.63) is 32.6 Å². The molecule has 1 aliphatic heterocycles. The zero-order chi connectivity index (χ0) is 24.6. The lowest BCUT2D eigenvalue weighted by Gasteiger charge is -2.19. The molecule has 0 bridgehead atoms. The summed E-state index contributed by atoms with van der Waals surface area (Å²) in [7, 11) is -16.9. The van der Waals surface area contributed by atoms with Gasteiger partial charge in [-0.3, -0.25) is 19.1 Å². The van der Waals surface area contributed by atoms with Crippen LogP contribution >= 0.6 is 23.5 Å². The van der Waals surface area contributed by atoms with Crippen LogP contribution in [0.2, 0.25) is 0 Å². The molecule has 1 aliphatic rings. The molecule has 0 saturated carbocycles. The zero-order valence-corrected chi connectivity index (χ0v) is 18.3. The number of nitrogens with one attached hydrogen (secondary N) is 1. The van der Waals surface area contributed by atoms with Crippen LogP contribution in [-0.2, 0) is 31.6 Å². The maximum absolute atomic E-state index is 12.0. The topological polar surface area (TPSA) is 281 Å². The van der Waals surface area contributed by atoms with E-state index in [2.05, 4.69) is 13.1 Å². The summed E-state index contributed by atoms with van der Waals surface area (Å²) in [5, 5.41) is 20.2. The van der Waals surface area contributed by atoms with E-state index in [-0.39, 0.29) is 0 Å². The van der Waals surface area contributed by atoms with Crippen LogP contribution in [0.5, 0.6) is 0 Å². The molecule has 182 valence electrons. The van der Waals surface area contributed by atoms with E-state index < -0.39 is 77.2 Å². The molecule has 0 radical (unpaired) electrons. The number of hydrogen-bond acceptors (Lipinski definition) is 12. The van der Waals surface area contributed by atoms with Crippen molar-refractivity contribution in [2.24, 2.45) is 0 Å². The third-order valence-corrected chi connectivity index (χ3v) is 7.60. The zero-order valence-electron chi connectivity index (χ0n) is 15.6. The van der Waals surface area contributed by atoms with Crippen molar-refractivity contribution >= 4 is 29.4 Å². The summed E-state index contributed by atoms with van der Waals surface area (Å²) in [4.78, 5) is 72.3. The van der Waals surface area contributed by atoms with Crippen LogP contribution in [0, 0.1) is 0 Å². The van der Waals surface area contributed by atoms with Crippen molar-refractivity contribution < 1.29 is 66.2 Å². The van der Waals surface area contributed by atoms with E-state index in [9.17, 15) is 43.2 Å². The Morgan fingerprint density at radius 2 is 1.69 bits per heavy atom. The number of hydrogen-bond donors (Lipinski definition) is 7. The van der Waals surface area contributed by atoms with E-state index in [1.165, 1.54) is 0 Å². The molecule has 21 heteroatoms. The fourth-order valence-electron chi connectivity index (χ4n) is 2.54. The molecule has 2 heterocycles. The van der Waals surface area contributed by atoms with Crippen molar-refractivity contribution in [3.63, 3.8) is 0 Å². The number of aromatic nitrogens is 2. The average Bonchev–Trinajstić information content (AvgIpc) is 2.85. The van der Waals surface area contributed by atoms with Gasteiger partial charge in [0, 0.05) is 13.1 Å². The van der Waals surface area contributed by atoms with Crippen molar-refractivity contribution in [1.29, 1.82) is 0 Å². The van der Waals surface area contributed by atoms with Gasteiger partial charge in [0.15, 0.2) is 0 Å². The van der Waals surface area contributed by atoms with Gasteiger partial charge in [-0.05, 0) is 0 Å². The Labute approximate surface area is 176 Å². The summed E-state index contributed by atoms with van der Waals surface area (Å²) in [5.74, 6) is -0.801. The van der Waals surface area contributed by atoms with E-state index in [1.807, 2.05) is 0 Å². The molecule has 6 atom stereocenters. The molecule has 1 aromatic heterocycles. The second kappa shape index (κ2) is 9.48. The highest BCUT2D eigenvalue weighted by Crippen LogP contribution is 2.66. The van der Waals surface area contributed by atoms with Crippen LogP contribution in [-0.4, -0.2) is 70.2 Å². The van der Waals surface area contributed by atoms with Crippen LogP contribution in [0.15, 0.2) is 15.8 Å². The maximum Gasteiger partial charge on any atom is 0.490 e. The van der Waals surface area contributed by atoms with Gasteiger partial charge in [0.05, 0.1) is 12.2 Å². The lowest BCUT2D eigenvalue weighted by Crippen LogP contribution is -2.37. The number of nitrogens with zero attached hydrogens (tertiary/aromatic N) is 1. The van der Waals surface area contributed by atoms with Gasteiger partial charge >= 0.3 is 29.2 Å². The van der Waals surface area contributed by atoms with Gasteiger partial charge in [-0.1, -0.05) is 0 Å². The molecule has 18 nitrogen and oxygen atoms in total. The van der Waals surface area contributed by atoms with Crippen molar-refractivity contribution in [1.82, 2.24) is 9.55 Å². The smallest absolute Gasteiger partial charge is 0.387 e. The Hall–Kier alpha value is -1.36. The summed E-state index contributed by atoms with van der Waals surface area (Å²) in [6.45, 7) is -0.113. The highest BCUT2D eigenvalue weighted by molar-refractivity contribution is 7.66. The van der Waals surface area contributed by atoms with Gasteiger partial charge in [-0.2, -0.15) is 8.62 Å². The SMILES string of the molecule is CC(=O)n1cc([C@@H]2O[C@H](COP(=O)(O)OP(=O)(O)OP(=O)(O)O)[C@@H](O)[C@H]2O)c(=O)[nH]c1=O. The predicted molar refractivity (Wildman–Crippen MR) is 97.1 cm³/mol. The predicted octanol–water partition coefficient (Wildman–Crippen LogP) is -2.30. The first kappa shape index (κ1) is 26.9. The third-order valence-electron chi connectivity index (χ3n) is 3.80. The molecule has 2 rings (SSSR count). The van der Waals surface area contributed by atoms with Crippen molar-refractivity contribution in [3.8, 4) is 0 Å². The second-order valence-corrected chi connectivity index (χ2v) is 10.6. The number of aromatic amines is 1. The maximum atomic E-state index is 12.0. The number of carbonyl (C=O) groups is 1. The summed E-state index contributed by atoms with van der Waals surface area (Å²) in [6, 6.07) is 0. The third kappa shape index (κ3) is 6.82. The minimum absolute atomic E-state index is 0.466. The molecule has 0 aromatic carbocycles. The minimum atomic E-state index is -5.77. The highest BCUT2D eigenvalue weighted by Gasteiger charge is 2.47. The van der Waals surface area contributed by atoms with E-state index in [1.54, 1.807) is 4.98 Å². The van der Waals surface area contributed by atoms with Gasteiger partial charge < -0.3 is 34.5 Å². The quantitative estimate of drug-likeness (QED) is 0.175. The molecular formula is C11H17N2O16P3. The van der Waals surface area contributed by atoms with Crippen LogP contribution < -0.4 is 11.2 Å². The van der Waals surface area contributed by atoms with E-state index in [4.69, 9.17) is 19.4 Å². The van der Waals surface area contributed by atoms with Crippen LogP contribution in [0.3, 0.4) is 0 Å². The molecule has 0 spiro atoms. The Balaban J connectivity index is 2.15. The van der Waals surface area contributed by atoms with Crippen molar-refractivity contribution in [2.75, 3.05) is 6.61 Å². The van der Waals surface area contributed by atoms with Crippen LogP contribution in [0.1, 0.15) is 23.4 Å². The van der Waals surface area contributed by atoms with E-state index in [0.717, 1.165) is 13.1 Å². The number of carbonyl (C=O) groups excluding carboxylic acids is 1. The van der Waals surface area contributed by atoms with Crippen LogP contribution in [0.25, 0.3) is 0 Å². The number of rotatable bonds is 8. The first-order valence-electron chi connectivity index (χ1n) is 8.09. The highest BCUT2D eigenvalue weighted by atomic mass is 31.3. The Bertz CT molecular complexity index is 1140. The molecule has 1 aromatic rings. The number of phosphoric acid groups is 3. The Morgan fingerprint density at radius 1 is 1.09 bits per heavy atom. The van der Waals surface area contributed by atoms with Gasteiger partial charge in [-0.15, -0.1) is 0 Å². The van der Waals surface area contributed by atoms with Gasteiger partial charge in [0.1, 0.15) is 24.4 Å². The number of aliphatic hydroxyl groups excluding tert-OH is 2. The summed E-state index contributed by atoms with van der Waals surface area (Å²) in [6.07, 6.45) is -6.27. The van der Waals surface area contributed by atoms with Gasteiger partial charge in [0.2, 0.25) is 5.91 Å². The first-order valence-corrected chi connectivity index (χ1v) is 12.6. The summed E-state index contributed by atoms with van der Waals surface area (Å²) in [5.41, 5.74) is -2.62. The second-order valence-electron chi connectivity index (χ2n) is 6.20. The fraction of sp³-hybridized carbons (Fsp3) is 0.545. The molecule has 32 heavy (non-hydrogen) atoms. The lowest BCUT2D eigenvalue weighted by molar-refractivity contribution is -0.0228. The molecule has 0 amide bonds. The number of H-pyrrole nitrogens is 1. The molecule has 0 aliphatic carbocycles. The average molecular weight is 526 g/mol. The Kier molecular flexibility index (Phi) is 7.97. The van der Waals surface area contributed by atoms with Gasteiger partial charge in [0.25, 0.3) is 5.56 Å². The normalized spacial score (nSPS) is 27.6. The van der Waals surface area contributed by atoms with Crippen LogP contribution in [0.4, 0.5) is 0 Å². The molecule has 1 saturated heterocycles. The van der Waals surface area contributed by atoms with Gasteiger partial charge in [-0.25, -0.2) is 23.1 Å².